The van der Waals surface area contributed by atoms with E-state index in [2.05, 4.69) is 33.7 Å². The molecule has 0 spiro atoms. The van der Waals surface area contributed by atoms with E-state index in [4.69, 9.17) is 9.47 Å². The summed E-state index contributed by atoms with van der Waals surface area (Å²) in [5.41, 5.74) is 3.31. The van der Waals surface area contributed by atoms with Crippen molar-refractivity contribution in [2.24, 2.45) is 4.99 Å². The van der Waals surface area contributed by atoms with Crippen molar-refractivity contribution in [3.63, 3.8) is 0 Å². The van der Waals surface area contributed by atoms with Crippen molar-refractivity contribution in [3.8, 4) is 5.75 Å². The van der Waals surface area contributed by atoms with Crippen molar-refractivity contribution >= 4 is 5.96 Å². The third-order valence-corrected chi connectivity index (χ3v) is 4.16. The molecule has 0 fully saturated rings. The highest BCUT2D eigenvalue weighted by Gasteiger charge is 2.03. The van der Waals surface area contributed by atoms with Crippen LogP contribution < -0.4 is 15.4 Å². The van der Waals surface area contributed by atoms with E-state index < -0.39 is 0 Å². The van der Waals surface area contributed by atoms with Gasteiger partial charge in [0, 0.05) is 37.9 Å². The van der Waals surface area contributed by atoms with E-state index in [-0.39, 0.29) is 0 Å². The minimum absolute atomic E-state index is 0.528. The summed E-state index contributed by atoms with van der Waals surface area (Å²) in [5.74, 6) is 1.63. The van der Waals surface area contributed by atoms with Gasteiger partial charge in [0.25, 0.3) is 0 Å². The van der Waals surface area contributed by atoms with Gasteiger partial charge in [-0.25, -0.2) is 0 Å². The number of hydrogen-bond acceptors (Lipinski definition) is 4. The van der Waals surface area contributed by atoms with Gasteiger partial charge in [-0.3, -0.25) is 9.67 Å². The lowest BCUT2D eigenvalue weighted by Gasteiger charge is -2.13. The molecule has 7 nitrogen and oxygen atoms in total. The van der Waals surface area contributed by atoms with Crippen LogP contribution in [0.5, 0.6) is 5.75 Å². The van der Waals surface area contributed by atoms with Crippen LogP contribution in [0.25, 0.3) is 0 Å². The average Bonchev–Trinajstić information content (AvgIpc) is 3.00. The zero-order valence-corrected chi connectivity index (χ0v) is 16.8. The molecule has 1 aromatic carbocycles. The Bertz CT molecular complexity index is 727. The van der Waals surface area contributed by atoms with E-state index >= 15 is 0 Å². The maximum absolute atomic E-state index is 5.72. The lowest BCUT2D eigenvalue weighted by molar-refractivity contribution is 0.123. The number of methoxy groups -OCH3 is 1. The maximum atomic E-state index is 5.72. The summed E-state index contributed by atoms with van der Waals surface area (Å²) in [5, 5.41) is 11.0. The topological polar surface area (TPSA) is 72.7 Å². The monoisotopic (exact) mass is 373 g/mol. The zero-order chi connectivity index (χ0) is 19.5. The number of aliphatic imine (C=N–C) groups is 1. The molecule has 0 aliphatic heterocycles. The molecule has 0 amide bonds. The van der Waals surface area contributed by atoms with Crippen molar-refractivity contribution in [1.29, 1.82) is 0 Å². The van der Waals surface area contributed by atoms with E-state index in [0.717, 1.165) is 42.5 Å². The van der Waals surface area contributed by atoms with Crippen LogP contribution in [0.1, 0.15) is 23.4 Å². The first kappa shape index (κ1) is 20.8. The van der Waals surface area contributed by atoms with Gasteiger partial charge in [-0.05, 0) is 32.4 Å². The van der Waals surface area contributed by atoms with Gasteiger partial charge in [0.15, 0.2) is 5.96 Å². The molecule has 1 heterocycles. The average molecular weight is 374 g/mol. The molecule has 1 aromatic heterocycles. The van der Waals surface area contributed by atoms with Gasteiger partial charge in [0.05, 0.1) is 26.0 Å². The lowest BCUT2D eigenvalue weighted by atomic mass is 10.2. The highest BCUT2D eigenvalue weighted by molar-refractivity contribution is 5.79. The highest BCUT2D eigenvalue weighted by atomic mass is 16.5. The Labute approximate surface area is 161 Å². The molecule has 0 radical (unpaired) electrons. The lowest BCUT2D eigenvalue weighted by Crippen LogP contribution is -2.39. The number of guanidine groups is 1. The normalized spacial score (nSPS) is 11.5. The second-order valence-corrected chi connectivity index (χ2v) is 6.29. The Morgan fingerprint density at radius 3 is 2.67 bits per heavy atom. The predicted molar refractivity (Wildman–Crippen MR) is 108 cm³/mol. The Kier molecular flexibility index (Phi) is 8.64. The van der Waals surface area contributed by atoms with Crippen LogP contribution in [0.4, 0.5) is 0 Å². The van der Waals surface area contributed by atoms with E-state index in [1.54, 1.807) is 14.2 Å². The molecule has 2 N–H and O–H groups in total. The van der Waals surface area contributed by atoms with Crippen molar-refractivity contribution < 1.29 is 9.47 Å². The summed E-state index contributed by atoms with van der Waals surface area (Å²) in [4.78, 5) is 4.23. The van der Waals surface area contributed by atoms with Crippen LogP contribution >= 0.6 is 0 Å². The molecular weight excluding hydrogens is 342 g/mol. The smallest absolute Gasteiger partial charge is 0.191 e. The first-order chi connectivity index (χ1) is 13.1. The number of aromatic nitrogens is 2. The molecule has 2 aromatic rings. The van der Waals surface area contributed by atoms with Crippen molar-refractivity contribution in [1.82, 2.24) is 20.4 Å². The minimum atomic E-state index is 0.528. The predicted octanol–water partition coefficient (Wildman–Crippen LogP) is 2.28. The van der Waals surface area contributed by atoms with Gasteiger partial charge >= 0.3 is 0 Å². The number of hydrogen-bond donors (Lipinski definition) is 2. The molecule has 7 heteroatoms. The van der Waals surface area contributed by atoms with Gasteiger partial charge in [-0.2, -0.15) is 5.10 Å². The largest absolute Gasteiger partial charge is 0.496 e. The van der Waals surface area contributed by atoms with Gasteiger partial charge in [-0.15, -0.1) is 0 Å². The van der Waals surface area contributed by atoms with Gasteiger partial charge in [0.2, 0.25) is 0 Å². The Morgan fingerprint density at radius 2 is 1.96 bits per heavy atom. The number of nitrogens with zero attached hydrogens (tertiary/aromatic N) is 3. The van der Waals surface area contributed by atoms with Crippen LogP contribution in [-0.4, -0.2) is 49.6 Å². The van der Waals surface area contributed by atoms with Crippen molar-refractivity contribution in [3.05, 3.63) is 47.3 Å². The first-order valence-electron chi connectivity index (χ1n) is 9.29. The van der Waals surface area contributed by atoms with E-state index in [1.807, 2.05) is 35.9 Å². The van der Waals surface area contributed by atoms with Crippen LogP contribution in [-0.2, 0) is 17.9 Å². The molecule has 2 rings (SSSR count). The molecule has 0 aliphatic rings. The van der Waals surface area contributed by atoms with E-state index in [9.17, 15) is 0 Å². The number of aryl methyl sites for hydroxylation is 3. The second-order valence-electron chi connectivity index (χ2n) is 6.29. The number of para-hydroxylation sites is 1. The zero-order valence-electron chi connectivity index (χ0n) is 16.8. The molecule has 0 aliphatic carbocycles. The van der Waals surface area contributed by atoms with Crippen LogP contribution in [0.2, 0.25) is 0 Å². The fourth-order valence-electron chi connectivity index (χ4n) is 2.80. The number of nitrogens with one attached hydrogen (secondary N) is 2. The van der Waals surface area contributed by atoms with Gasteiger partial charge in [-0.1, -0.05) is 18.2 Å². The summed E-state index contributed by atoms with van der Waals surface area (Å²) in [6, 6.07) is 9.98. The molecule has 27 heavy (non-hydrogen) atoms. The third-order valence-electron chi connectivity index (χ3n) is 4.16. The summed E-state index contributed by atoms with van der Waals surface area (Å²) < 4.78 is 13.1. The Balaban J connectivity index is 1.59. The summed E-state index contributed by atoms with van der Waals surface area (Å²) in [6.07, 6.45) is 0.979. The van der Waals surface area contributed by atoms with Gasteiger partial charge < -0.3 is 20.1 Å². The molecule has 0 saturated heterocycles. The van der Waals surface area contributed by atoms with Gasteiger partial charge in [0.1, 0.15) is 5.75 Å². The summed E-state index contributed by atoms with van der Waals surface area (Å²) in [7, 11) is 3.44. The highest BCUT2D eigenvalue weighted by Crippen LogP contribution is 2.17. The molecule has 0 saturated carbocycles. The number of rotatable bonds is 10. The molecule has 0 unspecified atom stereocenters. The standard InChI is InChI=1S/C20H31N5O2/c1-16-14-17(2)25(24-16)12-7-10-22-20(21-3)23-11-13-27-15-18-8-5-6-9-19(18)26-4/h5-6,8-9,14H,7,10-13,15H2,1-4H3,(H2,21,22,23). The molecule has 0 atom stereocenters. The maximum Gasteiger partial charge on any atom is 0.191 e. The summed E-state index contributed by atoms with van der Waals surface area (Å²) >= 11 is 0. The van der Waals surface area contributed by atoms with Crippen LogP contribution in [0, 0.1) is 13.8 Å². The van der Waals surface area contributed by atoms with Crippen LogP contribution in [0.3, 0.4) is 0 Å². The minimum Gasteiger partial charge on any atom is -0.496 e. The Hall–Kier alpha value is -2.54. The molecular formula is C20H31N5O2. The molecule has 0 bridgehead atoms. The van der Waals surface area contributed by atoms with E-state index in [1.165, 1.54) is 5.69 Å². The molecule has 148 valence electrons. The fraction of sp³-hybridized carbons (Fsp3) is 0.500. The quantitative estimate of drug-likeness (QED) is 0.380. The number of benzene rings is 1. The fourth-order valence-corrected chi connectivity index (χ4v) is 2.80. The van der Waals surface area contributed by atoms with Crippen molar-refractivity contribution in [2.75, 3.05) is 33.9 Å². The second kappa shape index (κ2) is 11.2. The van der Waals surface area contributed by atoms with Crippen molar-refractivity contribution in [2.45, 2.75) is 33.4 Å². The first-order valence-corrected chi connectivity index (χ1v) is 9.29. The SMILES string of the molecule is CN=C(NCCCn1nc(C)cc1C)NCCOCc1ccccc1OC. The van der Waals surface area contributed by atoms with E-state index in [0.29, 0.717) is 19.8 Å². The van der Waals surface area contributed by atoms with Crippen LogP contribution in [0.15, 0.2) is 35.3 Å². The number of ether oxygens (including phenoxy) is 2. The Morgan fingerprint density at radius 1 is 1.19 bits per heavy atom. The third kappa shape index (κ3) is 6.94. The summed E-state index contributed by atoms with van der Waals surface area (Å²) in [6.45, 7) is 7.63.